The van der Waals surface area contributed by atoms with Crippen LogP contribution in [-0.4, -0.2) is 48.5 Å². The van der Waals surface area contributed by atoms with Crippen molar-refractivity contribution < 1.29 is 23.0 Å². The molecule has 1 unspecified atom stereocenters. The lowest BCUT2D eigenvalue weighted by Gasteiger charge is -2.50. The average Bonchev–Trinajstić information content (AvgIpc) is 3.50. The van der Waals surface area contributed by atoms with Gasteiger partial charge in [0.2, 0.25) is 5.43 Å². The fourth-order valence-corrected chi connectivity index (χ4v) is 7.11. The van der Waals surface area contributed by atoms with E-state index >= 15 is 4.39 Å². The largest absolute Gasteiger partial charge is 0.487 e. The number of halogens is 2. The number of benzene rings is 2. The summed E-state index contributed by atoms with van der Waals surface area (Å²) in [5.74, 6) is -1.76. The summed E-state index contributed by atoms with van der Waals surface area (Å²) in [6, 6.07) is 12.2. The number of hydrogen-bond acceptors (Lipinski definition) is 5. The van der Waals surface area contributed by atoms with Crippen molar-refractivity contribution >= 4 is 12.0 Å². The van der Waals surface area contributed by atoms with Gasteiger partial charge in [-0.05, 0) is 53.5 Å². The number of fused-ring (bicyclic) bond motifs is 6. The molecular formula is C33H33F2N3O4. The Morgan fingerprint density at radius 1 is 1.05 bits per heavy atom. The summed E-state index contributed by atoms with van der Waals surface area (Å²) in [6.45, 7) is 4.29. The van der Waals surface area contributed by atoms with Crippen molar-refractivity contribution in [2.45, 2.75) is 44.6 Å². The third-order valence-corrected chi connectivity index (χ3v) is 9.14. The molecule has 1 fully saturated rings. The van der Waals surface area contributed by atoms with E-state index < -0.39 is 17.2 Å². The van der Waals surface area contributed by atoms with Crippen molar-refractivity contribution in [2.24, 2.45) is 5.92 Å². The van der Waals surface area contributed by atoms with Gasteiger partial charge in [0, 0.05) is 44.0 Å². The lowest BCUT2D eigenvalue weighted by atomic mass is 9.83. The number of ether oxygens (including phenoxy) is 2. The van der Waals surface area contributed by atoms with E-state index in [1.807, 2.05) is 42.3 Å². The Morgan fingerprint density at radius 3 is 2.67 bits per heavy atom. The normalized spacial score (nSPS) is 21.1. The summed E-state index contributed by atoms with van der Waals surface area (Å²) in [5, 5.41) is 2.04. The van der Waals surface area contributed by atoms with Crippen LogP contribution < -0.4 is 15.2 Å². The second-order valence-electron chi connectivity index (χ2n) is 11.6. The number of carbonyl (C=O) groups excluding carboxylic acids is 1. The first-order valence-corrected chi connectivity index (χ1v) is 14.8. The molecule has 1 saturated heterocycles. The zero-order chi connectivity index (χ0) is 29.0. The topological polar surface area (TPSA) is 64.0 Å². The maximum Gasteiger partial charge on any atom is 0.277 e. The number of unbranched alkanes of at least 4 members (excludes halogenated alkanes) is 1. The molecular weight excluding hydrogens is 540 g/mol. The highest BCUT2D eigenvalue weighted by Gasteiger charge is 2.56. The molecule has 0 bridgehead atoms. The van der Waals surface area contributed by atoms with Gasteiger partial charge in [-0.15, -0.1) is 0 Å². The zero-order valence-corrected chi connectivity index (χ0v) is 23.6. The van der Waals surface area contributed by atoms with E-state index in [0.29, 0.717) is 37.5 Å². The molecule has 7 nitrogen and oxygen atoms in total. The number of aromatic nitrogens is 1. The Labute approximate surface area is 242 Å². The molecule has 7 rings (SSSR count). The highest BCUT2D eigenvalue weighted by Crippen LogP contribution is 2.56. The van der Waals surface area contributed by atoms with Crippen LogP contribution in [0.25, 0.3) is 6.08 Å². The van der Waals surface area contributed by atoms with Crippen LogP contribution in [0.3, 0.4) is 0 Å². The molecule has 42 heavy (non-hydrogen) atoms. The van der Waals surface area contributed by atoms with Gasteiger partial charge in [-0.2, -0.15) is 0 Å². The third kappa shape index (κ3) is 3.93. The van der Waals surface area contributed by atoms with Crippen molar-refractivity contribution in [1.82, 2.24) is 9.58 Å². The predicted octanol–water partition coefficient (Wildman–Crippen LogP) is 4.98. The molecule has 0 radical (unpaired) electrons. The van der Waals surface area contributed by atoms with E-state index in [1.54, 1.807) is 21.8 Å². The summed E-state index contributed by atoms with van der Waals surface area (Å²) in [7, 11) is 0. The lowest BCUT2D eigenvalue weighted by molar-refractivity contribution is 0.0398. The molecule has 9 heteroatoms. The van der Waals surface area contributed by atoms with Crippen LogP contribution in [-0.2, 0) is 16.7 Å². The molecule has 218 valence electrons. The third-order valence-electron chi connectivity index (χ3n) is 9.14. The average molecular weight is 574 g/mol. The summed E-state index contributed by atoms with van der Waals surface area (Å²) < 4.78 is 43.2. The van der Waals surface area contributed by atoms with Gasteiger partial charge in [-0.1, -0.05) is 49.8 Å². The molecule has 0 saturated carbocycles. The number of pyridine rings is 1. The maximum absolute atomic E-state index is 15.4. The first-order chi connectivity index (χ1) is 20.4. The van der Waals surface area contributed by atoms with Gasteiger partial charge in [0.05, 0.1) is 6.61 Å². The Kier molecular flexibility index (Phi) is 6.65. The zero-order valence-electron chi connectivity index (χ0n) is 23.6. The molecule has 0 spiro atoms. The van der Waals surface area contributed by atoms with E-state index in [4.69, 9.17) is 9.47 Å². The van der Waals surface area contributed by atoms with E-state index in [0.717, 1.165) is 42.4 Å². The monoisotopic (exact) mass is 573 g/mol. The summed E-state index contributed by atoms with van der Waals surface area (Å²) in [5.41, 5.74) is 2.52. The molecule has 2 aromatic carbocycles. The van der Waals surface area contributed by atoms with Crippen LogP contribution in [0.5, 0.6) is 5.75 Å². The van der Waals surface area contributed by atoms with Crippen LogP contribution in [0, 0.1) is 17.6 Å². The van der Waals surface area contributed by atoms with Crippen molar-refractivity contribution in [2.75, 3.05) is 38.0 Å². The summed E-state index contributed by atoms with van der Waals surface area (Å²) >= 11 is 0. The van der Waals surface area contributed by atoms with E-state index in [2.05, 4.69) is 0 Å². The number of nitrogens with zero attached hydrogens (tertiary/aromatic N) is 3. The second kappa shape index (κ2) is 10.4. The fourth-order valence-electron chi connectivity index (χ4n) is 7.11. The van der Waals surface area contributed by atoms with Gasteiger partial charge in [-0.25, -0.2) is 8.78 Å². The molecule has 2 aliphatic carbocycles. The summed E-state index contributed by atoms with van der Waals surface area (Å²) in [4.78, 5) is 29.2. The number of amides is 1. The van der Waals surface area contributed by atoms with Crippen LogP contribution in [0.1, 0.15) is 65.3 Å². The van der Waals surface area contributed by atoms with Crippen LogP contribution in [0.15, 0.2) is 59.0 Å². The van der Waals surface area contributed by atoms with Gasteiger partial charge in [-0.3, -0.25) is 19.3 Å². The highest BCUT2D eigenvalue weighted by atomic mass is 19.2. The first-order valence-electron chi connectivity index (χ1n) is 14.8. The van der Waals surface area contributed by atoms with Crippen LogP contribution >= 0.6 is 0 Å². The van der Waals surface area contributed by atoms with Crippen LogP contribution in [0.2, 0.25) is 0 Å². The van der Waals surface area contributed by atoms with Gasteiger partial charge >= 0.3 is 0 Å². The lowest BCUT2D eigenvalue weighted by Crippen LogP contribution is -2.63. The molecule has 1 amide bonds. The molecule has 3 aromatic rings. The molecule has 0 N–H and O–H groups in total. The predicted molar refractivity (Wildman–Crippen MR) is 154 cm³/mol. The standard InChI is InChI=1S/C33H33F2N3O4/c1-2-3-14-42-31-28(39)10-13-37-30(31)32(40)36(19-21-11-15-41-16-12-21)20-38(37)33-23(17-22-6-4-5-7-25(22)33)18-24-26(33)8-9-27(34)29(24)35/h4-10,13,17,21H,2-3,11-12,14-16,18-20H2,1H3. The van der Waals surface area contributed by atoms with Crippen LogP contribution in [0.4, 0.5) is 8.78 Å². The molecule has 3 heterocycles. The number of hydrogen-bond donors (Lipinski definition) is 0. The van der Waals surface area contributed by atoms with Gasteiger partial charge in [0.25, 0.3) is 5.91 Å². The first kappa shape index (κ1) is 26.9. The fraction of sp³-hybridized carbons (Fsp3) is 0.394. The molecule has 4 aliphatic rings. The van der Waals surface area contributed by atoms with Gasteiger partial charge < -0.3 is 14.4 Å². The Morgan fingerprint density at radius 2 is 1.86 bits per heavy atom. The van der Waals surface area contributed by atoms with Crippen molar-refractivity contribution in [3.63, 3.8) is 0 Å². The minimum atomic E-state index is -1.01. The smallest absolute Gasteiger partial charge is 0.277 e. The summed E-state index contributed by atoms with van der Waals surface area (Å²) in [6.07, 6.45) is 7.16. The second-order valence-corrected chi connectivity index (χ2v) is 11.6. The highest BCUT2D eigenvalue weighted by molar-refractivity contribution is 5.96. The van der Waals surface area contributed by atoms with Crippen molar-refractivity contribution in [3.8, 4) is 5.75 Å². The Hall–Kier alpha value is -3.98. The minimum Gasteiger partial charge on any atom is -0.487 e. The SMILES string of the molecule is CCCCOc1c2n(ccc1=O)N(C13C(=Cc4ccccc41)Cc1c3ccc(F)c1F)CN(CC1CCOCC1)C2=O. The van der Waals surface area contributed by atoms with E-state index in [9.17, 15) is 14.0 Å². The number of carbonyl (C=O) groups is 1. The minimum absolute atomic E-state index is 0.0225. The van der Waals surface area contributed by atoms with E-state index in [1.165, 1.54) is 12.1 Å². The maximum atomic E-state index is 15.4. The number of rotatable bonds is 7. The van der Waals surface area contributed by atoms with Crippen molar-refractivity contribution in [3.05, 3.63) is 104 Å². The van der Waals surface area contributed by atoms with Crippen molar-refractivity contribution in [1.29, 1.82) is 0 Å². The molecule has 1 aromatic heterocycles. The van der Waals surface area contributed by atoms with Gasteiger partial charge in [0.15, 0.2) is 23.1 Å². The molecule has 1 atom stereocenters. The van der Waals surface area contributed by atoms with Gasteiger partial charge in [0.1, 0.15) is 12.2 Å². The quantitative estimate of drug-likeness (QED) is 0.373. The Bertz CT molecular complexity index is 1660. The Balaban J connectivity index is 1.46. The van der Waals surface area contributed by atoms with E-state index in [-0.39, 0.29) is 41.8 Å². The molecule has 2 aliphatic heterocycles.